The Balaban J connectivity index is 2.16. The SMILES string of the molecule is CN(C)S(=O)(=O)c1cccc(CSc2nccs2)c1. The van der Waals surface area contributed by atoms with E-state index in [1.165, 1.54) is 18.4 Å². The van der Waals surface area contributed by atoms with Crippen molar-refractivity contribution in [2.75, 3.05) is 14.1 Å². The average molecular weight is 314 g/mol. The summed E-state index contributed by atoms with van der Waals surface area (Å²) in [6.07, 6.45) is 1.76. The summed E-state index contributed by atoms with van der Waals surface area (Å²) >= 11 is 3.19. The molecule has 1 heterocycles. The molecule has 0 aliphatic carbocycles. The molecule has 2 rings (SSSR count). The van der Waals surface area contributed by atoms with Crippen LogP contribution in [-0.4, -0.2) is 31.8 Å². The van der Waals surface area contributed by atoms with Crippen molar-refractivity contribution in [2.24, 2.45) is 0 Å². The van der Waals surface area contributed by atoms with E-state index in [1.807, 2.05) is 11.4 Å². The summed E-state index contributed by atoms with van der Waals surface area (Å²) in [5.74, 6) is 0.713. The Morgan fingerprint density at radius 3 is 2.79 bits per heavy atom. The molecule has 0 unspecified atom stereocenters. The van der Waals surface area contributed by atoms with Crippen molar-refractivity contribution < 1.29 is 8.42 Å². The van der Waals surface area contributed by atoms with Gasteiger partial charge in [0.2, 0.25) is 10.0 Å². The molecule has 0 atom stereocenters. The van der Waals surface area contributed by atoms with E-state index in [2.05, 4.69) is 4.98 Å². The van der Waals surface area contributed by atoms with Gasteiger partial charge in [0.05, 0.1) is 4.90 Å². The fraction of sp³-hybridized carbons (Fsp3) is 0.250. The molecule has 0 saturated heterocycles. The molecule has 0 aliphatic heterocycles. The number of thiazole rings is 1. The van der Waals surface area contributed by atoms with Crippen LogP contribution in [0.4, 0.5) is 0 Å². The molecule has 0 amide bonds. The number of hydrogen-bond donors (Lipinski definition) is 0. The highest BCUT2D eigenvalue weighted by Gasteiger charge is 2.17. The zero-order valence-electron chi connectivity index (χ0n) is 10.6. The second-order valence-electron chi connectivity index (χ2n) is 4.02. The molecule has 19 heavy (non-hydrogen) atoms. The van der Waals surface area contributed by atoms with Crippen LogP contribution in [0.1, 0.15) is 5.56 Å². The van der Waals surface area contributed by atoms with E-state index in [9.17, 15) is 8.42 Å². The molecule has 0 bridgehead atoms. The van der Waals surface area contributed by atoms with Crippen LogP contribution < -0.4 is 0 Å². The van der Waals surface area contributed by atoms with E-state index >= 15 is 0 Å². The third kappa shape index (κ3) is 3.56. The molecule has 0 radical (unpaired) electrons. The highest BCUT2D eigenvalue weighted by Crippen LogP contribution is 2.25. The van der Waals surface area contributed by atoms with Crippen molar-refractivity contribution in [2.45, 2.75) is 15.0 Å². The summed E-state index contributed by atoms with van der Waals surface area (Å²) < 4.78 is 26.3. The highest BCUT2D eigenvalue weighted by molar-refractivity contribution is 8.00. The van der Waals surface area contributed by atoms with Gasteiger partial charge in [0.1, 0.15) is 4.34 Å². The van der Waals surface area contributed by atoms with E-state index in [0.29, 0.717) is 10.6 Å². The number of hydrogen-bond acceptors (Lipinski definition) is 5. The number of sulfonamides is 1. The van der Waals surface area contributed by atoms with Crippen LogP contribution in [0.3, 0.4) is 0 Å². The van der Waals surface area contributed by atoms with Gasteiger partial charge in [0.15, 0.2) is 0 Å². The molecule has 0 N–H and O–H groups in total. The summed E-state index contributed by atoms with van der Waals surface area (Å²) in [5, 5.41) is 1.93. The molecule has 7 heteroatoms. The zero-order valence-corrected chi connectivity index (χ0v) is 13.1. The Morgan fingerprint density at radius 1 is 1.37 bits per heavy atom. The van der Waals surface area contributed by atoms with Crippen molar-refractivity contribution >= 4 is 33.1 Å². The normalized spacial score (nSPS) is 11.9. The highest BCUT2D eigenvalue weighted by atomic mass is 32.2. The molecule has 4 nitrogen and oxygen atoms in total. The summed E-state index contributed by atoms with van der Waals surface area (Å²) in [6.45, 7) is 0. The lowest BCUT2D eigenvalue weighted by molar-refractivity contribution is 0.520. The lowest BCUT2D eigenvalue weighted by Gasteiger charge is -2.12. The predicted octanol–water partition coefficient (Wildman–Crippen LogP) is 2.69. The first-order chi connectivity index (χ1) is 9.00. The van der Waals surface area contributed by atoms with E-state index < -0.39 is 10.0 Å². The minimum absolute atomic E-state index is 0.328. The van der Waals surface area contributed by atoms with Crippen LogP contribution >= 0.6 is 23.1 Å². The molecule has 0 spiro atoms. The first-order valence-corrected chi connectivity index (χ1v) is 8.84. The zero-order chi connectivity index (χ0) is 13.9. The van der Waals surface area contributed by atoms with Crippen LogP contribution in [0.2, 0.25) is 0 Å². The molecule has 0 fully saturated rings. The van der Waals surface area contributed by atoms with Gasteiger partial charge < -0.3 is 0 Å². The third-order valence-electron chi connectivity index (χ3n) is 2.45. The van der Waals surface area contributed by atoms with Crippen molar-refractivity contribution in [1.82, 2.24) is 9.29 Å². The molecular formula is C12H14N2O2S3. The fourth-order valence-electron chi connectivity index (χ4n) is 1.43. The monoisotopic (exact) mass is 314 g/mol. The van der Waals surface area contributed by atoms with Gasteiger partial charge in [-0.25, -0.2) is 17.7 Å². The van der Waals surface area contributed by atoms with Crippen molar-refractivity contribution in [3.8, 4) is 0 Å². The Morgan fingerprint density at radius 2 is 2.16 bits per heavy atom. The lowest BCUT2D eigenvalue weighted by atomic mass is 10.2. The van der Waals surface area contributed by atoms with Crippen molar-refractivity contribution in [3.05, 3.63) is 41.4 Å². The van der Waals surface area contributed by atoms with E-state index in [1.54, 1.807) is 47.5 Å². The van der Waals surface area contributed by atoms with Crippen LogP contribution in [-0.2, 0) is 15.8 Å². The lowest BCUT2D eigenvalue weighted by Crippen LogP contribution is -2.22. The summed E-state index contributed by atoms with van der Waals surface area (Å²) in [7, 11) is -0.292. The second-order valence-corrected chi connectivity index (χ2v) is 8.29. The largest absolute Gasteiger partial charge is 0.242 e. The maximum Gasteiger partial charge on any atom is 0.242 e. The Bertz CT molecular complexity index is 637. The number of nitrogens with zero attached hydrogens (tertiary/aromatic N) is 2. The summed E-state index contributed by atoms with van der Waals surface area (Å²) in [4.78, 5) is 4.51. The van der Waals surface area contributed by atoms with Gasteiger partial charge in [-0.1, -0.05) is 23.9 Å². The third-order valence-corrected chi connectivity index (χ3v) is 6.30. The fourth-order valence-corrected chi connectivity index (χ4v) is 3.99. The molecule has 0 aliphatic rings. The molecular weight excluding hydrogens is 300 g/mol. The van der Waals surface area contributed by atoms with Gasteiger partial charge in [-0.2, -0.15) is 0 Å². The number of benzene rings is 1. The van der Waals surface area contributed by atoms with E-state index in [0.717, 1.165) is 9.90 Å². The first kappa shape index (κ1) is 14.5. The number of rotatable bonds is 5. The molecule has 102 valence electrons. The van der Waals surface area contributed by atoms with Gasteiger partial charge in [0, 0.05) is 31.4 Å². The standard InChI is InChI=1S/C12H14N2O2S3/c1-14(2)19(15,16)11-5-3-4-10(8-11)9-18-12-13-6-7-17-12/h3-8H,9H2,1-2H3. The Labute approximate surface area is 121 Å². The average Bonchev–Trinajstić information content (AvgIpc) is 2.89. The van der Waals surface area contributed by atoms with Gasteiger partial charge in [-0.05, 0) is 17.7 Å². The second kappa shape index (κ2) is 6.04. The minimum atomic E-state index is -3.36. The Kier molecular flexibility index (Phi) is 4.62. The predicted molar refractivity (Wildman–Crippen MR) is 79.0 cm³/mol. The van der Waals surface area contributed by atoms with E-state index in [4.69, 9.17) is 0 Å². The van der Waals surface area contributed by atoms with Gasteiger partial charge >= 0.3 is 0 Å². The minimum Gasteiger partial charge on any atom is -0.238 e. The van der Waals surface area contributed by atoms with Gasteiger partial charge in [-0.15, -0.1) is 11.3 Å². The molecule has 1 aromatic heterocycles. The van der Waals surface area contributed by atoms with Crippen LogP contribution in [0.25, 0.3) is 0 Å². The smallest absolute Gasteiger partial charge is 0.238 e. The van der Waals surface area contributed by atoms with Crippen molar-refractivity contribution in [1.29, 1.82) is 0 Å². The quantitative estimate of drug-likeness (QED) is 0.796. The topological polar surface area (TPSA) is 50.3 Å². The maximum absolute atomic E-state index is 12.0. The van der Waals surface area contributed by atoms with Crippen LogP contribution in [0.15, 0.2) is 45.1 Å². The number of aromatic nitrogens is 1. The first-order valence-electron chi connectivity index (χ1n) is 5.54. The maximum atomic E-state index is 12.0. The van der Waals surface area contributed by atoms with E-state index in [-0.39, 0.29) is 0 Å². The molecule has 0 saturated carbocycles. The molecule has 2 aromatic rings. The number of thioether (sulfide) groups is 1. The molecule has 1 aromatic carbocycles. The van der Waals surface area contributed by atoms with Gasteiger partial charge in [-0.3, -0.25) is 0 Å². The summed E-state index contributed by atoms with van der Waals surface area (Å²) in [6, 6.07) is 7.03. The van der Waals surface area contributed by atoms with Crippen LogP contribution in [0.5, 0.6) is 0 Å². The van der Waals surface area contributed by atoms with Gasteiger partial charge in [0.25, 0.3) is 0 Å². The van der Waals surface area contributed by atoms with Crippen LogP contribution in [0, 0.1) is 0 Å². The van der Waals surface area contributed by atoms with Crippen molar-refractivity contribution in [3.63, 3.8) is 0 Å². The Hall–Kier alpha value is -0.890. The summed E-state index contributed by atoms with van der Waals surface area (Å²) in [5.41, 5.74) is 0.975.